The van der Waals surface area contributed by atoms with E-state index in [1.807, 2.05) is 0 Å². The lowest BCUT2D eigenvalue weighted by Gasteiger charge is -2.10. The molecule has 0 atom stereocenters. The molecule has 76 valence electrons. The van der Waals surface area contributed by atoms with Gasteiger partial charge in [0.25, 0.3) is 0 Å². The Hall–Kier alpha value is -2.10. The van der Waals surface area contributed by atoms with Crippen LogP contribution in [0.5, 0.6) is 5.75 Å². The highest BCUT2D eigenvalue weighted by Crippen LogP contribution is 2.30. The van der Waals surface area contributed by atoms with E-state index in [0.29, 0.717) is 11.3 Å². The van der Waals surface area contributed by atoms with E-state index in [9.17, 15) is 9.59 Å². The molecule has 2 rings (SSSR count). The van der Waals surface area contributed by atoms with Gasteiger partial charge >= 0.3 is 0 Å². The van der Waals surface area contributed by atoms with Crippen LogP contribution in [0.25, 0.3) is 11.1 Å². The van der Waals surface area contributed by atoms with Crippen molar-refractivity contribution in [3.8, 4) is 16.9 Å². The zero-order chi connectivity index (χ0) is 11.0. The first kappa shape index (κ1) is 9.45. The summed E-state index contributed by atoms with van der Waals surface area (Å²) in [5.74, 6) is 0.538. The van der Waals surface area contributed by atoms with Crippen molar-refractivity contribution < 1.29 is 4.74 Å². The molecule has 0 aromatic heterocycles. The van der Waals surface area contributed by atoms with Gasteiger partial charge in [0.1, 0.15) is 5.75 Å². The number of methoxy groups -OCH3 is 1. The van der Waals surface area contributed by atoms with Crippen LogP contribution in [0.3, 0.4) is 0 Å². The molecule has 0 heterocycles. The van der Waals surface area contributed by atoms with Crippen LogP contribution in [0.15, 0.2) is 33.9 Å². The van der Waals surface area contributed by atoms with Gasteiger partial charge in [-0.3, -0.25) is 9.59 Å². The van der Waals surface area contributed by atoms with Crippen molar-refractivity contribution >= 4 is 5.69 Å². The van der Waals surface area contributed by atoms with E-state index in [4.69, 9.17) is 10.5 Å². The van der Waals surface area contributed by atoms with Crippen molar-refractivity contribution in [2.75, 3.05) is 12.8 Å². The molecule has 0 amide bonds. The first-order valence-electron chi connectivity index (χ1n) is 4.39. The van der Waals surface area contributed by atoms with E-state index in [1.165, 1.54) is 7.11 Å². The first-order valence-corrected chi connectivity index (χ1v) is 4.39. The van der Waals surface area contributed by atoms with Crippen LogP contribution in [0.4, 0.5) is 5.69 Å². The molecule has 0 aliphatic rings. The highest BCUT2D eigenvalue weighted by Gasteiger charge is 2.21. The first-order chi connectivity index (χ1) is 7.16. The number of hydrogen-bond donors (Lipinski definition) is 1. The highest BCUT2D eigenvalue weighted by molar-refractivity contribution is 5.83. The summed E-state index contributed by atoms with van der Waals surface area (Å²) in [6, 6.07) is 6.95. The normalized spacial score (nSPS) is 10.5. The minimum absolute atomic E-state index is 0.0181. The molecule has 4 nitrogen and oxygen atoms in total. The Morgan fingerprint density at radius 3 is 2.40 bits per heavy atom. The van der Waals surface area contributed by atoms with Gasteiger partial charge in [0.2, 0.25) is 10.9 Å². The summed E-state index contributed by atoms with van der Waals surface area (Å²) in [5, 5.41) is 0. The second kappa shape index (κ2) is 3.24. The van der Waals surface area contributed by atoms with Gasteiger partial charge in [0.15, 0.2) is 0 Å². The van der Waals surface area contributed by atoms with Gasteiger partial charge in [-0.25, -0.2) is 0 Å². The molecule has 2 aromatic carbocycles. The van der Waals surface area contributed by atoms with Crippen LogP contribution in [0.1, 0.15) is 0 Å². The van der Waals surface area contributed by atoms with E-state index in [0.717, 1.165) is 0 Å². The van der Waals surface area contributed by atoms with Crippen LogP contribution >= 0.6 is 0 Å². The number of ether oxygens (including phenoxy) is 1. The van der Waals surface area contributed by atoms with Gasteiger partial charge in [-0.2, -0.15) is 0 Å². The lowest BCUT2D eigenvalue weighted by molar-refractivity contribution is 0.416. The summed E-state index contributed by atoms with van der Waals surface area (Å²) in [5.41, 5.74) is 5.16. The maximum Gasteiger partial charge on any atom is 0.249 e. The average molecular weight is 203 g/mol. The zero-order valence-electron chi connectivity index (χ0n) is 8.11. The molecule has 0 bridgehead atoms. The summed E-state index contributed by atoms with van der Waals surface area (Å²) in [4.78, 5) is 22.3. The summed E-state index contributed by atoms with van der Waals surface area (Å²) in [6.07, 6.45) is 0. The topological polar surface area (TPSA) is 69.4 Å². The Morgan fingerprint density at radius 1 is 1.13 bits per heavy atom. The van der Waals surface area contributed by atoms with Gasteiger partial charge in [-0.05, 0) is 6.07 Å². The van der Waals surface area contributed by atoms with Gasteiger partial charge < -0.3 is 10.5 Å². The summed E-state index contributed by atoms with van der Waals surface area (Å²) in [6.45, 7) is 0. The van der Waals surface area contributed by atoms with E-state index in [-0.39, 0.29) is 11.3 Å². The maximum atomic E-state index is 11.3. The molecule has 15 heavy (non-hydrogen) atoms. The molecule has 2 N–H and O–H groups in total. The summed E-state index contributed by atoms with van der Waals surface area (Å²) >= 11 is 0. The quantitative estimate of drug-likeness (QED) is 0.723. The van der Waals surface area contributed by atoms with Crippen molar-refractivity contribution in [2.24, 2.45) is 0 Å². The SMILES string of the molecule is COc1ccccc1-c1c(N)c(=O)c1=O. The van der Waals surface area contributed by atoms with E-state index < -0.39 is 10.9 Å². The standard InChI is InChI=1S/C11H9NO3/c1-15-7-5-3-2-4-6(7)8-9(12)11(14)10(8)13/h2-5H,12H2,1H3. The Kier molecular flexibility index (Phi) is 2.04. The number of nitrogens with two attached hydrogens (primary N) is 1. The van der Waals surface area contributed by atoms with E-state index in [1.54, 1.807) is 24.3 Å². The smallest absolute Gasteiger partial charge is 0.249 e. The lowest BCUT2D eigenvalue weighted by atomic mass is 9.98. The largest absolute Gasteiger partial charge is 0.496 e. The zero-order valence-corrected chi connectivity index (χ0v) is 8.11. The Balaban J connectivity index is 2.66. The van der Waals surface area contributed by atoms with Crippen LogP contribution < -0.4 is 21.3 Å². The van der Waals surface area contributed by atoms with Gasteiger partial charge in [0.05, 0.1) is 18.4 Å². The fourth-order valence-corrected chi connectivity index (χ4v) is 1.53. The molecule has 0 aliphatic heterocycles. The fraction of sp³-hybridized carbons (Fsp3) is 0.0909. The minimum Gasteiger partial charge on any atom is -0.496 e. The number of anilines is 1. The molecular formula is C11H9NO3. The lowest BCUT2D eigenvalue weighted by Crippen LogP contribution is -2.35. The summed E-state index contributed by atoms with van der Waals surface area (Å²) < 4.78 is 5.08. The average Bonchev–Trinajstić information content (AvgIpc) is 2.29. The number of hydrogen-bond acceptors (Lipinski definition) is 4. The van der Waals surface area contributed by atoms with Crippen molar-refractivity contribution in [3.63, 3.8) is 0 Å². The van der Waals surface area contributed by atoms with E-state index in [2.05, 4.69) is 0 Å². The molecule has 0 spiro atoms. The molecule has 2 aromatic rings. The third kappa shape index (κ3) is 1.22. The Bertz CT molecular complexity index is 579. The number of benzene rings is 1. The Morgan fingerprint density at radius 2 is 1.80 bits per heavy atom. The molecule has 0 unspecified atom stereocenters. The molecule has 0 radical (unpaired) electrons. The third-order valence-electron chi connectivity index (χ3n) is 2.32. The third-order valence-corrected chi connectivity index (χ3v) is 2.32. The van der Waals surface area contributed by atoms with Crippen molar-refractivity contribution in [2.45, 2.75) is 0 Å². The number of nitrogen functional groups attached to an aromatic ring is 1. The van der Waals surface area contributed by atoms with Crippen LogP contribution in [0.2, 0.25) is 0 Å². The molecule has 4 heteroatoms. The highest BCUT2D eigenvalue weighted by atomic mass is 16.5. The van der Waals surface area contributed by atoms with Crippen molar-refractivity contribution in [3.05, 3.63) is 44.7 Å². The second-order valence-electron chi connectivity index (χ2n) is 3.15. The monoisotopic (exact) mass is 203 g/mol. The number of para-hydroxylation sites is 1. The molecule has 0 saturated heterocycles. The molecule has 0 fully saturated rings. The van der Waals surface area contributed by atoms with Crippen LogP contribution in [0, 0.1) is 0 Å². The van der Waals surface area contributed by atoms with Gasteiger partial charge in [0, 0.05) is 5.56 Å². The van der Waals surface area contributed by atoms with Crippen molar-refractivity contribution in [1.29, 1.82) is 0 Å². The second-order valence-corrected chi connectivity index (χ2v) is 3.15. The van der Waals surface area contributed by atoms with Crippen LogP contribution in [-0.2, 0) is 0 Å². The fourth-order valence-electron chi connectivity index (χ4n) is 1.53. The molecular weight excluding hydrogens is 194 g/mol. The van der Waals surface area contributed by atoms with Gasteiger partial charge in [-0.1, -0.05) is 18.2 Å². The Labute approximate surface area is 85.6 Å². The summed E-state index contributed by atoms with van der Waals surface area (Å²) in [7, 11) is 1.50. The van der Waals surface area contributed by atoms with Crippen molar-refractivity contribution in [1.82, 2.24) is 0 Å². The predicted molar refractivity (Wildman–Crippen MR) is 57.8 cm³/mol. The van der Waals surface area contributed by atoms with Gasteiger partial charge in [-0.15, -0.1) is 0 Å². The minimum atomic E-state index is -0.615. The molecule has 0 saturated carbocycles. The predicted octanol–water partition coefficient (Wildman–Crippen LogP) is 0.540. The van der Waals surface area contributed by atoms with Crippen LogP contribution in [-0.4, -0.2) is 7.11 Å². The number of rotatable bonds is 2. The maximum absolute atomic E-state index is 11.3. The molecule has 0 aliphatic carbocycles. The van der Waals surface area contributed by atoms with E-state index >= 15 is 0 Å².